The second kappa shape index (κ2) is 9.07. The van der Waals surface area contributed by atoms with Gasteiger partial charge in [-0.05, 0) is 31.5 Å². The molecule has 1 aromatic rings. The second-order valence-electron chi connectivity index (χ2n) is 4.09. The van der Waals surface area contributed by atoms with Crippen molar-refractivity contribution >= 4 is 21.9 Å². The third kappa shape index (κ3) is 6.71. The number of hydrogen-bond donors (Lipinski definition) is 1. The minimum absolute atomic E-state index is 0.0147. The van der Waals surface area contributed by atoms with E-state index in [1.165, 1.54) is 5.56 Å². The summed E-state index contributed by atoms with van der Waals surface area (Å²) in [5.41, 5.74) is 1.21. The Kier molecular flexibility index (Phi) is 7.70. The second-order valence-corrected chi connectivity index (χ2v) is 5.00. The number of halogens is 1. The lowest BCUT2D eigenvalue weighted by molar-refractivity contribution is -0.148. The van der Waals surface area contributed by atoms with E-state index < -0.39 is 0 Å². The Morgan fingerprint density at radius 2 is 2.26 bits per heavy atom. The van der Waals surface area contributed by atoms with Crippen molar-refractivity contribution in [3.8, 4) is 0 Å². The highest BCUT2D eigenvalue weighted by Crippen LogP contribution is 2.17. The standard InChI is InChI=1S/C14H20BrNO3/c1-3-19-14(17)10-18-8-7-16-11(2)12-5-4-6-13(15)9-12/h4-6,9,11,16H,3,7-8,10H2,1-2H3/t11-/m0/s1. The summed E-state index contributed by atoms with van der Waals surface area (Å²) in [6.07, 6.45) is 0. The van der Waals surface area contributed by atoms with Crippen LogP contribution in [-0.4, -0.2) is 32.3 Å². The number of esters is 1. The molecule has 5 heteroatoms. The average molecular weight is 330 g/mol. The van der Waals surface area contributed by atoms with Gasteiger partial charge in [0.25, 0.3) is 0 Å². The largest absolute Gasteiger partial charge is 0.464 e. The van der Waals surface area contributed by atoms with Gasteiger partial charge in [-0.2, -0.15) is 0 Å². The van der Waals surface area contributed by atoms with Crippen LogP contribution in [0.15, 0.2) is 28.7 Å². The van der Waals surface area contributed by atoms with Crippen LogP contribution in [0.3, 0.4) is 0 Å². The van der Waals surface area contributed by atoms with Gasteiger partial charge in [-0.15, -0.1) is 0 Å². The van der Waals surface area contributed by atoms with Gasteiger partial charge < -0.3 is 14.8 Å². The lowest BCUT2D eigenvalue weighted by Crippen LogP contribution is -2.24. The molecular weight excluding hydrogens is 310 g/mol. The Morgan fingerprint density at radius 1 is 1.47 bits per heavy atom. The van der Waals surface area contributed by atoms with Crippen LogP contribution < -0.4 is 5.32 Å². The molecule has 0 aliphatic heterocycles. The first-order chi connectivity index (χ1) is 9.13. The molecule has 0 saturated carbocycles. The van der Waals surface area contributed by atoms with Crippen LogP contribution >= 0.6 is 15.9 Å². The molecule has 0 aliphatic carbocycles. The monoisotopic (exact) mass is 329 g/mol. The molecule has 1 aromatic carbocycles. The van der Waals surface area contributed by atoms with Gasteiger partial charge in [0, 0.05) is 17.1 Å². The van der Waals surface area contributed by atoms with Crippen LogP contribution in [0.5, 0.6) is 0 Å². The quantitative estimate of drug-likeness (QED) is 0.588. The lowest BCUT2D eigenvalue weighted by atomic mass is 10.1. The predicted molar refractivity (Wildman–Crippen MR) is 78.0 cm³/mol. The Balaban J connectivity index is 2.17. The molecule has 0 spiro atoms. The summed E-state index contributed by atoms with van der Waals surface area (Å²) >= 11 is 3.45. The zero-order valence-corrected chi connectivity index (χ0v) is 12.9. The van der Waals surface area contributed by atoms with E-state index in [4.69, 9.17) is 9.47 Å². The molecule has 0 fully saturated rings. The van der Waals surface area contributed by atoms with E-state index in [1.807, 2.05) is 12.1 Å². The minimum atomic E-state index is -0.317. The molecule has 0 unspecified atom stereocenters. The van der Waals surface area contributed by atoms with Gasteiger partial charge in [-0.1, -0.05) is 28.1 Å². The van der Waals surface area contributed by atoms with Crippen molar-refractivity contribution in [3.05, 3.63) is 34.3 Å². The topological polar surface area (TPSA) is 47.6 Å². The van der Waals surface area contributed by atoms with Crippen LogP contribution in [0.2, 0.25) is 0 Å². The highest BCUT2D eigenvalue weighted by Gasteiger charge is 2.05. The summed E-state index contributed by atoms with van der Waals surface area (Å²) in [5, 5.41) is 3.33. The Bertz CT molecular complexity index is 398. The summed E-state index contributed by atoms with van der Waals surface area (Å²) in [4.78, 5) is 11.0. The normalized spacial score (nSPS) is 12.2. The van der Waals surface area contributed by atoms with E-state index >= 15 is 0 Å². The summed E-state index contributed by atoms with van der Waals surface area (Å²) in [6.45, 7) is 5.44. The lowest BCUT2D eigenvalue weighted by Gasteiger charge is -2.14. The summed E-state index contributed by atoms with van der Waals surface area (Å²) < 4.78 is 11.0. The molecule has 0 saturated heterocycles. The Hall–Kier alpha value is -0.910. The van der Waals surface area contributed by atoms with Gasteiger partial charge in [0.05, 0.1) is 13.2 Å². The smallest absolute Gasteiger partial charge is 0.332 e. The van der Waals surface area contributed by atoms with Crippen molar-refractivity contribution in [2.24, 2.45) is 0 Å². The molecule has 1 rings (SSSR count). The molecule has 1 atom stereocenters. The fourth-order valence-electron chi connectivity index (χ4n) is 1.60. The highest BCUT2D eigenvalue weighted by atomic mass is 79.9. The van der Waals surface area contributed by atoms with E-state index in [1.54, 1.807) is 6.92 Å². The number of hydrogen-bond acceptors (Lipinski definition) is 4. The molecule has 19 heavy (non-hydrogen) atoms. The number of carbonyl (C=O) groups excluding carboxylic acids is 1. The fraction of sp³-hybridized carbons (Fsp3) is 0.500. The predicted octanol–water partition coefficient (Wildman–Crippen LogP) is 2.68. The third-order valence-corrected chi connectivity index (χ3v) is 3.06. The molecular formula is C14H20BrNO3. The van der Waals surface area contributed by atoms with E-state index in [-0.39, 0.29) is 18.6 Å². The van der Waals surface area contributed by atoms with Crippen LogP contribution in [0.25, 0.3) is 0 Å². The molecule has 0 amide bonds. The van der Waals surface area contributed by atoms with Crippen molar-refractivity contribution in [1.82, 2.24) is 5.32 Å². The van der Waals surface area contributed by atoms with Gasteiger partial charge in [0.2, 0.25) is 0 Å². The first kappa shape index (κ1) is 16.1. The third-order valence-electron chi connectivity index (χ3n) is 2.57. The van der Waals surface area contributed by atoms with Crippen molar-refractivity contribution in [2.45, 2.75) is 19.9 Å². The van der Waals surface area contributed by atoms with E-state index in [2.05, 4.69) is 40.3 Å². The number of carbonyl (C=O) groups is 1. The maximum atomic E-state index is 11.0. The van der Waals surface area contributed by atoms with Crippen LogP contribution in [-0.2, 0) is 14.3 Å². The van der Waals surface area contributed by atoms with Crippen LogP contribution in [0, 0.1) is 0 Å². The number of ether oxygens (including phenoxy) is 2. The molecule has 0 aromatic heterocycles. The average Bonchev–Trinajstić information content (AvgIpc) is 2.38. The van der Waals surface area contributed by atoms with Gasteiger partial charge in [0.1, 0.15) is 6.61 Å². The SMILES string of the molecule is CCOC(=O)COCCN[C@@H](C)c1cccc(Br)c1. The molecule has 0 aliphatic rings. The number of benzene rings is 1. The highest BCUT2D eigenvalue weighted by molar-refractivity contribution is 9.10. The van der Waals surface area contributed by atoms with Crippen molar-refractivity contribution in [2.75, 3.05) is 26.4 Å². The Morgan fingerprint density at radius 3 is 2.95 bits per heavy atom. The van der Waals surface area contributed by atoms with Gasteiger partial charge in [0.15, 0.2) is 0 Å². The number of rotatable bonds is 8. The van der Waals surface area contributed by atoms with Crippen molar-refractivity contribution in [1.29, 1.82) is 0 Å². The van der Waals surface area contributed by atoms with Crippen LogP contribution in [0.1, 0.15) is 25.5 Å². The van der Waals surface area contributed by atoms with E-state index in [0.717, 1.165) is 4.47 Å². The summed E-state index contributed by atoms with van der Waals surface area (Å²) in [6, 6.07) is 8.40. The maximum absolute atomic E-state index is 11.0. The Labute approximate surface area is 122 Å². The van der Waals surface area contributed by atoms with Crippen LogP contribution in [0.4, 0.5) is 0 Å². The molecule has 0 radical (unpaired) electrons. The van der Waals surface area contributed by atoms with Crippen molar-refractivity contribution in [3.63, 3.8) is 0 Å². The van der Waals surface area contributed by atoms with E-state index in [9.17, 15) is 4.79 Å². The fourth-order valence-corrected chi connectivity index (χ4v) is 2.02. The summed E-state index contributed by atoms with van der Waals surface area (Å²) in [7, 11) is 0. The molecule has 1 N–H and O–H groups in total. The zero-order valence-electron chi connectivity index (χ0n) is 11.3. The van der Waals surface area contributed by atoms with E-state index in [0.29, 0.717) is 19.8 Å². The van der Waals surface area contributed by atoms with Crippen molar-refractivity contribution < 1.29 is 14.3 Å². The molecule has 4 nitrogen and oxygen atoms in total. The van der Waals surface area contributed by atoms with Gasteiger partial charge in [-0.25, -0.2) is 4.79 Å². The van der Waals surface area contributed by atoms with Gasteiger partial charge >= 0.3 is 5.97 Å². The molecule has 106 valence electrons. The number of nitrogens with one attached hydrogen (secondary N) is 1. The molecule has 0 heterocycles. The minimum Gasteiger partial charge on any atom is -0.464 e. The zero-order chi connectivity index (χ0) is 14.1. The van der Waals surface area contributed by atoms with Gasteiger partial charge in [-0.3, -0.25) is 0 Å². The maximum Gasteiger partial charge on any atom is 0.332 e. The first-order valence-electron chi connectivity index (χ1n) is 6.35. The molecule has 0 bridgehead atoms. The summed E-state index contributed by atoms with van der Waals surface area (Å²) in [5.74, 6) is -0.317. The first-order valence-corrected chi connectivity index (χ1v) is 7.15.